The maximum Gasteiger partial charge on any atom is 0.311 e. The van der Waals surface area contributed by atoms with Crippen LogP contribution in [-0.2, 0) is 9.59 Å². The zero-order valence-corrected chi connectivity index (χ0v) is 17.1. The Hall–Kier alpha value is -1.81. The first kappa shape index (κ1) is 19.2. The van der Waals surface area contributed by atoms with Crippen LogP contribution in [0.1, 0.15) is 57.8 Å². The summed E-state index contributed by atoms with van der Waals surface area (Å²) < 4.78 is 0. The molecule has 0 spiro atoms. The van der Waals surface area contributed by atoms with Crippen LogP contribution in [0.4, 0.5) is 0 Å². The molecule has 4 aliphatic carbocycles. The van der Waals surface area contributed by atoms with Gasteiger partial charge in [0.1, 0.15) is 0 Å². The number of nitrogens with one attached hydrogen (secondary N) is 1. The smallest absolute Gasteiger partial charge is 0.311 e. The highest BCUT2D eigenvalue weighted by molar-refractivity contribution is 6.35. The summed E-state index contributed by atoms with van der Waals surface area (Å²) in [6.45, 7) is 0.696. The molecule has 0 aromatic carbocycles. The molecule has 6 rings (SSSR count). The average molecular weight is 401 g/mol. The predicted molar refractivity (Wildman–Crippen MR) is 105 cm³/mol. The predicted octanol–water partition coefficient (Wildman–Crippen LogP) is 1.23. The number of fused-ring (bicyclic) bond motifs is 2. The summed E-state index contributed by atoms with van der Waals surface area (Å²) in [5, 5.41) is 21.8. The Morgan fingerprint density at radius 2 is 1.76 bits per heavy atom. The number of amides is 2. The molecule has 2 heterocycles. The normalized spacial score (nSPS) is 41.4. The Labute approximate surface area is 172 Å². The fraction of sp³-hybridized carbons (Fsp3) is 0.864. The molecular weight excluding hydrogens is 368 g/mol. The highest BCUT2D eigenvalue weighted by Gasteiger charge is 2.52. The molecule has 3 atom stereocenters. The van der Waals surface area contributed by atoms with E-state index >= 15 is 0 Å². The number of aliphatic hydroxyl groups is 1. The lowest BCUT2D eigenvalue weighted by atomic mass is 9.49. The van der Waals surface area contributed by atoms with Gasteiger partial charge in [-0.25, -0.2) is 0 Å². The first-order valence-corrected chi connectivity index (χ1v) is 11.4. The molecule has 6 aliphatic rings. The summed E-state index contributed by atoms with van der Waals surface area (Å²) in [5.74, 6) is 1.27. The second-order valence-corrected chi connectivity index (χ2v) is 10.5. The number of hydrogen-bond acceptors (Lipinski definition) is 5. The summed E-state index contributed by atoms with van der Waals surface area (Å²) in [6.07, 6.45) is 12.4. The second kappa shape index (κ2) is 7.16. The standard InChI is InChI=1S/C22H32N4O3/c23-13-26-17-1-2-19(26)18(8-17)24-20(28)21(29)25(3-4-27)12-22-9-14-5-15(10-22)7-16(6-14)11-22/h14-19,27H,1-12H2,(H,24,28)/t14?,15?,16?,17-,18+,19?,22?/m0/s1. The largest absolute Gasteiger partial charge is 0.395 e. The van der Waals surface area contributed by atoms with Crippen molar-refractivity contribution in [2.24, 2.45) is 23.2 Å². The number of hydrogen-bond donors (Lipinski definition) is 2. The molecule has 2 saturated heterocycles. The average Bonchev–Trinajstić information content (AvgIpc) is 3.22. The van der Waals surface area contributed by atoms with Crippen molar-refractivity contribution in [1.82, 2.24) is 15.1 Å². The number of nitriles is 1. The van der Waals surface area contributed by atoms with Crippen molar-refractivity contribution in [2.75, 3.05) is 19.7 Å². The van der Waals surface area contributed by atoms with Crippen molar-refractivity contribution in [1.29, 1.82) is 5.26 Å². The molecule has 2 amide bonds. The first-order chi connectivity index (χ1) is 14.0. The minimum atomic E-state index is -0.571. The van der Waals surface area contributed by atoms with Crippen molar-refractivity contribution >= 4 is 11.8 Å². The maximum atomic E-state index is 13.0. The number of carbonyl (C=O) groups is 2. The molecule has 7 heteroatoms. The zero-order valence-electron chi connectivity index (χ0n) is 17.1. The molecule has 1 unspecified atom stereocenters. The number of nitrogens with zero attached hydrogens (tertiary/aromatic N) is 3. The first-order valence-electron chi connectivity index (χ1n) is 11.4. The maximum absolute atomic E-state index is 13.0. The van der Waals surface area contributed by atoms with Crippen LogP contribution in [0.15, 0.2) is 0 Å². The van der Waals surface area contributed by atoms with E-state index in [0.29, 0.717) is 6.54 Å². The quantitative estimate of drug-likeness (QED) is 0.534. The van der Waals surface area contributed by atoms with E-state index < -0.39 is 11.8 Å². The van der Waals surface area contributed by atoms with E-state index in [1.807, 2.05) is 0 Å². The topological polar surface area (TPSA) is 96.7 Å². The van der Waals surface area contributed by atoms with E-state index in [9.17, 15) is 20.0 Å². The number of aliphatic hydroxyl groups excluding tert-OH is 1. The van der Waals surface area contributed by atoms with E-state index in [2.05, 4.69) is 11.5 Å². The lowest BCUT2D eigenvalue weighted by molar-refractivity contribution is -0.150. The Morgan fingerprint density at radius 1 is 1.10 bits per heavy atom. The van der Waals surface area contributed by atoms with Gasteiger partial charge in [-0.2, -0.15) is 5.26 Å². The zero-order chi connectivity index (χ0) is 20.2. The second-order valence-electron chi connectivity index (χ2n) is 10.5. The fourth-order valence-electron chi connectivity index (χ4n) is 7.94. The highest BCUT2D eigenvalue weighted by atomic mass is 16.3. The summed E-state index contributed by atoms with van der Waals surface area (Å²) in [5.41, 5.74) is 0.143. The molecule has 0 radical (unpaired) electrons. The van der Waals surface area contributed by atoms with Gasteiger partial charge in [0.15, 0.2) is 6.19 Å². The molecular formula is C22H32N4O3. The number of carbonyl (C=O) groups excluding carboxylic acids is 2. The highest BCUT2D eigenvalue weighted by Crippen LogP contribution is 2.60. The SMILES string of the molecule is N#CN1C2CC[C@H]1C[C@H]2NC(=O)C(=O)N(CCO)CC12CC3CC(CC(C3)C1)C2. The van der Waals surface area contributed by atoms with Crippen LogP contribution < -0.4 is 5.32 Å². The summed E-state index contributed by atoms with van der Waals surface area (Å²) in [6, 6.07) is 0.0996. The molecule has 2 N–H and O–H groups in total. The Bertz CT molecular complexity index is 697. The van der Waals surface area contributed by atoms with Crippen molar-refractivity contribution < 1.29 is 14.7 Å². The third-order valence-corrected chi connectivity index (χ3v) is 8.51. The van der Waals surface area contributed by atoms with Gasteiger partial charge in [0.2, 0.25) is 0 Å². The Morgan fingerprint density at radius 3 is 2.31 bits per heavy atom. The van der Waals surface area contributed by atoms with Gasteiger partial charge in [-0.05, 0) is 81.0 Å². The molecule has 4 saturated carbocycles. The van der Waals surface area contributed by atoms with E-state index in [0.717, 1.165) is 37.0 Å². The molecule has 158 valence electrons. The van der Waals surface area contributed by atoms with Gasteiger partial charge in [0.25, 0.3) is 0 Å². The van der Waals surface area contributed by atoms with Crippen LogP contribution in [0.25, 0.3) is 0 Å². The minimum Gasteiger partial charge on any atom is -0.395 e. The van der Waals surface area contributed by atoms with Gasteiger partial charge in [-0.3, -0.25) is 9.59 Å². The molecule has 29 heavy (non-hydrogen) atoms. The Kier molecular flexibility index (Phi) is 4.73. The van der Waals surface area contributed by atoms with Crippen LogP contribution in [0.2, 0.25) is 0 Å². The summed E-state index contributed by atoms with van der Waals surface area (Å²) >= 11 is 0. The van der Waals surface area contributed by atoms with Gasteiger partial charge >= 0.3 is 11.8 Å². The van der Waals surface area contributed by atoms with Gasteiger partial charge in [-0.15, -0.1) is 0 Å². The van der Waals surface area contributed by atoms with Gasteiger partial charge < -0.3 is 20.2 Å². The van der Waals surface area contributed by atoms with Crippen molar-refractivity contribution in [3.8, 4) is 6.19 Å². The molecule has 6 fully saturated rings. The molecule has 7 nitrogen and oxygen atoms in total. The van der Waals surface area contributed by atoms with Crippen LogP contribution in [0.3, 0.4) is 0 Å². The van der Waals surface area contributed by atoms with E-state index in [4.69, 9.17) is 0 Å². The van der Waals surface area contributed by atoms with E-state index in [1.54, 1.807) is 9.80 Å². The summed E-state index contributed by atoms with van der Waals surface area (Å²) in [4.78, 5) is 29.2. The third-order valence-electron chi connectivity index (χ3n) is 8.51. The van der Waals surface area contributed by atoms with Gasteiger partial charge in [-0.1, -0.05) is 0 Å². The van der Waals surface area contributed by atoms with Crippen LogP contribution >= 0.6 is 0 Å². The van der Waals surface area contributed by atoms with Crippen LogP contribution in [-0.4, -0.2) is 64.5 Å². The van der Waals surface area contributed by atoms with E-state index in [1.165, 1.54) is 38.5 Å². The van der Waals surface area contributed by atoms with Crippen molar-refractivity contribution in [2.45, 2.75) is 75.9 Å². The number of rotatable bonds is 5. The molecule has 6 bridgehead atoms. The fourth-order valence-corrected chi connectivity index (χ4v) is 7.94. The van der Waals surface area contributed by atoms with Crippen molar-refractivity contribution in [3.05, 3.63) is 0 Å². The Balaban J connectivity index is 1.25. The van der Waals surface area contributed by atoms with Gasteiger partial charge in [0, 0.05) is 19.1 Å². The lowest BCUT2D eigenvalue weighted by Gasteiger charge is -2.57. The monoisotopic (exact) mass is 400 g/mol. The van der Waals surface area contributed by atoms with Crippen LogP contribution in [0, 0.1) is 34.6 Å². The van der Waals surface area contributed by atoms with Crippen molar-refractivity contribution in [3.63, 3.8) is 0 Å². The van der Waals surface area contributed by atoms with Gasteiger partial charge in [0.05, 0.1) is 18.7 Å². The molecule has 0 aromatic rings. The lowest BCUT2D eigenvalue weighted by Crippen LogP contribution is -2.56. The van der Waals surface area contributed by atoms with E-state index in [-0.39, 0.29) is 36.7 Å². The third kappa shape index (κ3) is 3.30. The minimum absolute atomic E-state index is 0.0243. The summed E-state index contributed by atoms with van der Waals surface area (Å²) in [7, 11) is 0. The van der Waals surface area contributed by atoms with Crippen LogP contribution in [0.5, 0.6) is 0 Å². The molecule has 0 aromatic heterocycles. The molecule has 2 aliphatic heterocycles.